The molecule has 0 radical (unpaired) electrons. The zero-order valence-corrected chi connectivity index (χ0v) is 12.1. The molecule has 2 heterocycles. The number of halogens is 1. The van der Waals surface area contributed by atoms with Crippen LogP contribution >= 0.6 is 35.2 Å². The molecule has 94 valence electrons. The van der Waals surface area contributed by atoms with Gasteiger partial charge < -0.3 is 11.1 Å². The van der Waals surface area contributed by atoms with E-state index < -0.39 is 0 Å². The van der Waals surface area contributed by atoms with Gasteiger partial charge in [-0.1, -0.05) is 23.8 Å². The number of aromatic nitrogens is 1. The molecule has 0 amide bonds. The Bertz CT molecular complexity index is 551. The number of hydrogen-bond donors (Lipinski definition) is 2. The van der Waals surface area contributed by atoms with Crippen molar-refractivity contribution < 1.29 is 0 Å². The van der Waals surface area contributed by atoms with Crippen LogP contribution in [0.4, 0.5) is 5.69 Å². The van der Waals surface area contributed by atoms with Crippen LogP contribution in [0.5, 0.6) is 0 Å². The SMILES string of the molecule is CC(Nc1ccc(C(N)=S)nc1)c1ccc(Cl)s1. The number of nitrogens with one attached hydrogen (secondary N) is 1. The predicted octanol–water partition coefficient (Wildman–Crippen LogP) is 3.60. The second-order valence-electron chi connectivity index (χ2n) is 3.80. The van der Waals surface area contributed by atoms with E-state index in [0.717, 1.165) is 10.0 Å². The van der Waals surface area contributed by atoms with Crippen LogP contribution in [0.3, 0.4) is 0 Å². The van der Waals surface area contributed by atoms with Gasteiger partial charge in [-0.05, 0) is 31.2 Å². The Labute approximate surface area is 120 Å². The van der Waals surface area contributed by atoms with Crippen molar-refractivity contribution in [3.05, 3.63) is 45.4 Å². The van der Waals surface area contributed by atoms with E-state index in [0.29, 0.717) is 10.7 Å². The highest BCUT2D eigenvalue weighted by Crippen LogP contribution is 2.28. The van der Waals surface area contributed by atoms with Crippen LogP contribution < -0.4 is 11.1 Å². The molecule has 0 spiro atoms. The predicted molar refractivity (Wildman–Crippen MR) is 81.5 cm³/mol. The maximum absolute atomic E-state index is 5.91. The summed E-state index contributed by atoms with van der Waals surface area (Å²) in [6, 6.07) is 7.81. The van der Waals surface area contributed by atoms with Crippen LogP contribution in [-0.4, -0.2) is 9.97 Å². The van der Waals surface area contributed by atoms with Gasteiger partial charge in [-0.25, -0.2) is 0 Å². The molecular formula is C12H12ClN3S2. The molecule has 0 bridgehead atoms. The lowest BCUT2D eigenvalue weighted by Gasteiger charge is -2.13. The summed E-state index contributed by atoms with van der Waals surface area (Å²) in [5.41, 5.74) is 7.04. The fourth-order valence-electron chi connectivity index (χ4n) is 1.51. The molecule has 3 nitrogen and oxygen atoms in total. The minimum atomic E-state index is 0.181. The summed E-state index contributed by atoms with van der Waals surface area (Å²) in [5.74, 6) is 0. The molecule has 6 heteroatoms. The highest BCUT2D eigenvalue weighted by atomic mass is 35.5. The van der Waals surface area contributed by atoms with Crippen molar-refractivity contribution in [2.45, 2.75) is 13.0 Å². The lowest BCUT2D eigenvalue weighted by atomic mass is 10.2. The lowest BCUT2D eigenvalue weighted by Crippen LogP contribution is -2.12. The second kappa shape index (κ2) is 5.65. The van der Waals surface area contributed by atoms with Crippen molar-refractivity contribution >= 4 is 45.8 Å². The van der Waals surface area contributed by atoms with Gasteiger partial charge in [0, 0.05) is 4.88 Å². The molecule has 2 aromatic rings. The van der Waals surface area contributed by atoms with Crippen LogP contribution in [0.25, 0.3) is 0 Å². The monoisotopic (exact) mass is 297 g/mol. The minimum Gasteiger partial charge on any atom is -0.388 e. The number of pyridine rings is 1. The van der Waals surface area contributed by atoms with Gasteiger partial charge in [-0.3, -0.25) is 4.98 Å². The molecule has 1 unspecified atom stereocenters. The standard InChI is InChI=1S/C12H12ClN3S2/c1-7(10-4-5-11(13)18-10)16-8-2-3-9(12(14)17)15-6-8/h2-7,16H,1H3,(H2,14,17). The molecule has 18 heavy (non-hydrogen) atoms. The van der Waals surface area contributed by atoms with Crippen LogP contribution in [-0.2, 0) is 0 Å². The summed E-state index contributed by atoms with van der Waals surface area (Å²) in [6.07, 6.45) is 1.72. The van der Waals surface area contributed by atoms with Gasteiger partial charge in [0.15, 0.2) is 0 Å². The molecule has 1 atom stereocenters. The summed E-state index contributed by atoms with van der Waals surface area (Å²) in [5, 5.41) is 3.34. The third kappa shape index (κ3) is 3.19. The number of anilines is 1. The van der Waals surface area contributed by atoms with Crippen molar-refractivity contribution in [3.8, 4) is 0 Å². The maximum atomic E-state index is 5.91. The first-order valence-electron chi connectivity index (χ1n) is 5.34. The van der Waals surface area contributed by atoms with Gasteiger partial charge in [0.05, 0.1) is 28.0 Å². The fourth-order valence-corrected chi connectivity index (χ4v) is 2.69. The van der Waals surface area contributed by atoms with Crippen LogP contribution in [0, 0.1) is 0 Å². The fraction of sp³-hybridized carbons (Fsp3) is 0.167. The highest BCUT2D eigenvalue weighted by Gasteiger charge is 2.08. The molecule has 0 saturated heterocycles. The van der Waals surface area contributed by atoms with E-state index in [-0.39, 0.29) is 6.04 Å². The molecule has 0 aliphatic heterocycles. The molecule has 0 aromatic carbocycles. The molecule has 3 N–H and O–H groups in total. The molecule has 2 aromatic heterocycles. The van der Waals surface area contributed by atoms with E-state index in [1.807, 2.05) is 18.2 Å². The topological polar surface area (TPSA) is 50.9 Å². The number of thiocarbonyl (C=S) groups is 1. The number of thiophene rings is 1. The summed E-state index contributed by atoms with van der Waals surface area (Å²) in [7, 11) is 0. The zero-order chi connectivity index (χ0) is 13.1. The van der Waals surface area contributed by atoms with E-state index in [2.05, 4.69) is 17.2 Å². The second-order valence-corrected chi connectivity index (χ2v) is 5.99. The van der Waals surface area contributed by atoms with Crippen molar-refractivity contribution in [2.75, 3.05) is 5.32 Å². The van der Waals surface area contributed by atoms with E-state index in [9.17, 15) is 0 Å². The van der Waals surface area contributed by atoms with Gasteiger partial charge in [-0.2, -0.15) is 0 Å². The molecule has 0 saturated carbocycles. The Morgan fingerprint density at radius 1 is 1.44 bits per heavy atom. The normalized spacial score (nSPS) is 12.1. The average Bonchev–Trinajstić information content (AvgIpc) is 2.76. The Kier molecular flexibility index (Phi) is 4.16. The van der Waals surface area contributed by atoms with Gasteiger partial charge >= 0.3 is 0 Å². The Morgan fingerprint density at radius 2 is 2.22 bits per heavy atom. The quantitative estimate of drug-likeness (QED) is 0.847. The molecule has 0 aliphatic carbocycles. The van der Waals surface area contributed by atoms with Crippen molar-refractivity contribution in [3.63, 3.8) is 0 Å². The molecule has 0 aliphatic rings. The first kappa shape index (κ1) is 13.3. The zero-order valence-electron chi connectivity index (χ0n) is 9.68. The van der Waals surface area contributed by atoms with E-state index in [1.54, 1.807) is 23.6 Å². The van der Waals surface area contributed by atoms with E-state index in [1.165, 1.54) is 4.88 Å². The number of hydrogen-bond acceptors (Lipinski definition) is 4. The van der Waals surface area contributed by atoms with Gasteiger partial charge in [-0.15, -0.1) is 11.3 Å². The van der Waals surface area contributed by atoms with Gasteiger partial charge in [0.25, 0.3) is 0 Å². The summed E-state index contributed by atoms with van der Waals surface area (Å²) < 4.78 is 0.792. The van der Waals surface area contributed by atoms with Crippen LogP contribution in [0.2, 0.25) is 4.34 Å². The molecular weight excluding hydrogens is 286 g/mol. The Morgan fingerprint density at radius 3 is 2.72 bits per heavy atom. The van der Waals surface area contributed by atoms with Gasteiger partial charge in [0.2, 0.25) is 0 Å². The number of nitrogens with two attached hydrogens (primary N) is 1. The maximum Gasteiger partial charge on any atom is 0.122 e. The third-order valence-electron chi connectivity index (χ3n) is 2.42. The van der Waals surface area contributed by atoms with Gasteiger partial charge in [0.1, 0.15) is 4.99 Å². The van der Waals surface area contributed by atoms with Crippen molar-refractivity contribution in [1.29, 1.82) is 0 Å². The lowest BCUT2D eigenvalue weighted by molar-refractivity contribution is 0.906. The van der Waals surface area contributed by atoms with E-state index in [4.69, 9.17) is 29.6 Å². The minimum absolute atomic E-state index is 0.181. The summed E-state index contributed by atoms with van der Waals surface area (Å²) >= 11 is 12.3. The largest absolute Gasteiger partial charge is 0.388 e. The van der Waals surface area contributed by atoms with Crippen molar-refractivity contribution in [2.24, 2.45) is 5.73 Å². The Hall–Kier alpha value is -1.17. The first-order chi connectivity index (χ1) is 8.56. The highest BCUT2D eigenvalue weighted by molar-refractivity contribution is 7.80. The summed E-state index contributed by atoms with van der Waals surface area (Å²) in [6.45, 7) is 2.07. The number of nitrogens with zero attached hydrogens (tertiary/aromatic N) is 1. The Balaban J connectivity index is 2.07. The smallest absolute Gasteiger partial charge is 0.122 e. The molecule has 2 rings (SSSR count). The third-order valence-corrected chi connectivity index (χ3v) is 4.04. The van der Waals surface area contributed by atoms with Crippen LogP contribution in [0.15, 0.2) is 30.5 Å². The van der Waals surface area contributed by atoms with Crippen molar-refractivity contribution in [1.82, 2.24) is 4.98 Å². The first-order valence-corrected chi connectivity index (χ1v) is 6.94. The summed E-state index contributed by atoms with van der Waals surface area (Å²) in [4.78, 5) is 5.66. The number of rotatable bonds is 4. The van der Waals surface area contributed by atoms with Crippen LogP contribution in [0.1, 0.15) is 23.5 Å². The molecule has 0 fully saturated rings. The average molecular weight is 298 g/mol. The van der Waals surface area contributed by atoms with E-state index >= 15 is 0 Å².